The van der Waals surface area contributed by atoms with Crippen molar-refractivity contribution in [3.63, 3.8) is 0 Å². The van der Waals surface area contributed by atoms with E-state index in [-0.39, 0.29) is 17.0 Å². The van der Waals surface area contributed by atoms with Crippen molar-refractivity contribution in [2.45, 2.75) is 37.8 Å². The zero-order chi connectivity index (χ0) is 11.2. The van der Waals surface area contributed by atoms with E-state index < -0.39 is 0 Å². The highest BCUT2D eigenvalue weighted by Gasteiger charge is 2.01. The maximum Gasteiger partial charge on any atom is 0.166 e. The molecule has 1 aromatic heterocycles. The number of rotatable bonds is 6. The van der Waals surface area contributed by atoms with Gasteiger partial charge in [-0.15, -0.1) is 17.0 Å². The maximum absolute atomic E-state index is 4.54. The Morgan fingerprint density at radius 1 is 1.18 bits per heavy atom. The van der Waals surface area contributed by atoms with Crippen LogP contribution in [0.3, 0.4) is 0 Å². The summed E-state index contributed by atoms with van der Waals surface area (Å²) in [7, 11) is 0. The lowest BCUT2D eigenvalue weighted by Crippen LogP contribution is -1.82. The van der Waals surface area contributed by atoms with Crippen molar-refractivity contribution in [2.75, 3.05) is 5.75 Å². The molecule has 4 heteroatoms. The van der Waals surface area contributed by atoms with E-state index in [9.17, 15) is 0 Å². The van der Waals surface area contributed by atoms with E-state index in [1.165, 1.54) is 31.4 Å². The molecule has 0 aliphatic carbocycles. The quantitative estimate of drug-likeness (QED) is 0.612. The molecule has 2 nitrogen and oxygen atoms in total. The minimum absolute atomic E-state index is 0. The predicted molar refractivity (Wildman–Crippen MR) is 81.3 cm³/mol. The molecule has 1 aromatic carbocycles. The second kappa shape index (κ2) is 7.77. The standard InChI is InChI=1S/C13H18N2S.BrH/c1-2-3-4-7-10-16-13-14-11-8-5-6-9-12(11)15-13;/h5-6,8-9H,2-4,7,10H2,1H3,(H,14,15);1H. The van der Waals surface area contributed by atoms with E-state index in [4.69, 9.17) is 0 Å². The number of hydrogen-bond acceptors (Lipinski definition) is 2. The van der Waals surface area contributed by atoms with Gasteiger partial charge in [-0.2, -0.15) is 0 Å². The van der Waals surface area contributed by atoms with Crippen LogP contribution in [0.15, 0.2) is 29.4 Å². The van der Waals surface area contributed by atoms with Crippen LogP contribution in [0.2, 0.25) is 0 Å². The summed E-state index contributed by atoms with van der Waals surface area (Å²) in [6, 6.07) is 8.19. The van der Waals surface area contributed by atoms with Crippen molar-refractivity contribution in [1.29, 1.82) is 0 Å². The van der Waals surface area contributed by atoms with E-state index in [0.717, 1.165) is 16.2 Å². The molecule has 17 heavy (non-hydrogen) atoms. The normalized spacial score (nSPS) is 10.4. The number of benzene rings is 1. The van der Waals surface area contributed by atoms with Gasteiger partial charge in [0.15, 0.2) is 5.16 Å². The molecule has 0 atom stereocenters. The molecule has 0 unspecified atom stereocenters. The van der Waals surface area contributed by atoms with Crippen LogP contribution in [0.25, 0.3) is 11.0 Å². The van der Waals surface area contributed by atoms with Gasteiger partial charge in [0.05, 0.1) is 11.0 Å². The van der Waals surface area contributed by atoms with Gasteiger partial charge in [0, 0.05) is 5.75 Å². The smallest absolute Gasteiger partial charge is 0.166 e. The van der Waals surface area contributed by atoms with Gasteiger partial charge < -0.3 is 4.98 Å². The predicted octanol–water partition coefficient (Wildman–Crippen LogP) is 4.81. The van der Waals surface area contributed by atoms with Gasteiger partial charge in [0.1, 0.15) is 0 Å². The Morgan fingerprint density at radius 3 is 2.76 bits per heavy atom. The molecular formula is C13H19BrN2S. The number of fused-ring (bicyclic) bond motifs is 1. The fraction of sp³-hybridized carbons (Fsp3) is 0.462. The maximum atomic E-state index is 4.54. The van der Waals surface area contributed by atoms with Crippen molar-refractivity contribution in [3.05, 3.63) is 24.3 Å². The minimum atomic E-state index is 0. The summed E-state index contributed by atoms with van der Waals surface area (Å²) in [5.74, 6) is 1.17. The van der Waals surface area contributed by atoms with E-state index in [0.29, 0.717) is 0 Å². The van der Waals surface area contributed by atoms with Gasteiger partial charge in [0.25, 0.3) is 0 Å². The topological polar surface area (TPSA) is 28.7 Å². The largest absolute Gasteiger partial charge is 0.333 e. The van der Waals surface area contributed by atoms with Gasteiger partial charge >= 0.3 is 0 Å². The summed E-state index contributed by atoms with van der Waals surface area (Å²) < 4.78 is 0. The van der Waals surface area contributed by atoms with E-state index >= 15 is 0 Å². The van der Waals surface area contributed by atoms with Gasteiger partial charge in [-0.1, -0.05) is 50.1 Å². The molecule has 2 rings (SSSR count). The lowest BCUT2D eigenvalue weighted by atomic mass is 10.2. The second-order valence-corrected chi connectivity index (χ2v) is 5.05. The molecule has 0 amide bonds. The van der Waals surface area contributed by atoms with Crippen LogP contribution in [-0.4, -0.2) is 15.7 Å². The first kappa shape index (κ1) is 14.6. The van der Waals surface area contributed by atoms with Crippen LogP contribution in [-0.2, 0) is 0 Å². The van der Waals surface area contributed by atoms with Crippen LogP contribution >= 0.6 is 28.7 Å². The highest BCUT2D eigenvalue weighted by atomic mass is 79.9. The summed E-state index contributed by atoms with van der Waals surface area (Å²) in [6.07, 6.45) is 5.27. The van der Waals surface area contributed by atoms with Crippen molar-refractivity contribution < 1.29 is 0 Å². The Kier molecular flexibility index (Phi) is 6.66. The van der Waals surface area contributed by atoms with Gasteiger partial charge in [-0.05, 0) is 18.6 Å². The summed E-state index contributed by atoms with van der Waals surface area (Å²) in [4.78, 5) is 7.88. The molecule has 1 N–H and O–H groups in total. The highest BCUT2D eigenvalue weighted by molar-refractivity contribution is 8.93. The SMILES string of the molecule is Br.CCCCCCSc1nc2ccccc2[nH]1. The number of halogens is 1. The number of nitrogens with one attached hydrogen (secondary N) is 1. The molecule has 94 valence electrons. The Labute approximate surface area is 117 Å². The van der Waals surface area contributed by atoms with Crippen molar-refractivity contribution in [1.82, 2.24) is 9.97 Å². The third kappa shape index (κ3) is 4.36. The molecule has 0 bridgehead atoms. The number of imidazole rings is 1. The van der Waals surface area contributed by atoms with Crippen LogP contribution in [0, 0.1) is 0 Å². The van der Waals surface area contributed by atoms with Gasteiger partial charge in [-0.25, -0.2) is 4.98 Å². The van der Waals surface area contributed by atoms with Crippen LogP contribution in [0.5, 0.6) is 0 Å². The monoisotopic (exact) mass is 314 g/mol. The molecule has 0 fully saturated rings. The number of aromatic amines is 1. The molecule has 0 spiro atoms. The van der Waals surface area contributed by atoms with E-state index in [2.05, 4.69) is 23.0 Å². The number of H-pyrrole nitrogens is 1. The molecule has 0 saturated carbocycles. The van der Waals surface area contributed by atoms with E-state index in [1.54, 1.807) is 0 Å². The highest BCUT2D eigenvalue weighted by Crippen LogP contribution is 2.20. The van der Waals surface area contributed by atoms with Gasteiger partial charge in [0.2, 0.25) is 0 Å². The summed E-state index contributed by atoms with van der Waals surface area (Å²) in [6.45, 7) is 2.24. The first-order chi connectivity index (χ1) is 7.90. The summed E-state index contributed by atoms with van der Waals surface area (Å²) in [5.41, 5.74) is 2.21. The van der Waals surface area contributed by atoms with Crippen LogP contribution < -0.4 is 0 Å². The molecule has 1 heterocycles. The summed E-state index contributed by atoms with van der Waals surface area (Å²) >= 11 is 1.83. The van der Waals surface area contributed by atoms with Crippen molar-refractivity contribution in [2.24, 2.45) is 0 Å². The number of hydrogen-bond donors (Lipinski definition) is 1. The Balaban J connectivity index is 0.00000144. The van der Waals surface area contributed by atoms with E-state index in [1.807, 2.05) is 30.0 Å². The average Bonchev–Trinajstić information content (AvgIpc) is 2.71. The molecule has 0 aliphatic heterocycles. The molecule has 0 radical (unpaired) electrons. The lowest BCUT2D eigenvalue weighted by molar-refractivity contribution is 0.706. The average molecular weight is 315 g/mol. The Bertz CT molecular complexity index is 409. The fourth-order valence-electron chi connectivity index (χ4n) is 1.70. The number of para-hydroxylation sites is 2. The van der Waals surface area contributed by atoms with Gasteiger partial charge in [-0.3, -0.25) is 0 Å². The number of nitrogens with zero attached hydrogens (tertiary/aromatic N) is 1. The second-order valence-electron chi connectivity index (χ2n) is 3.97. The molecular weight excluding hydrogens is 296 g/mol. The molecule has 0 aliphatic rings. The summed E-state index contributed by atoms with van der Waals surface area (Å²) in [5, 5.41) is 1.05. The third-order valence-electron chi connectivity index (χ3n) is 2.60. The fourth-order valence-corrected chi connectivity index (χ4v) is 2.58. The number of thioether (sulfide) groups is 1. The zero-order valence-corrected chi connectivity index (χ0v) is 12.6. The van der Waals surface area contributed by atoms with Crippen LogP contribution in [0.4, 0.5) is 0 Å². The molecule has 0 saturated heterocycles. The van der Waals surface area contributed by atoms with Crippen molar-refractivity contribution in [3.8, 4) is 0 Å². The van der Waals surface area contributed by atoms with Crippen molar-refractivity contribution >= 4 is 39.8 Å². The number of aromatic nitrogens is 2. The zero-order valence-electron chi connectivity index (χ0n) is 10.1. The van der Waals surface area contributed by atoms with Crippen LogP contribution in [0.1, 0.15) is 32.6 Å². The Hall–Kier alpha value is -0.480. The first-order valence-electron chi connectivity index (χ1n) is 5.97. The third-order valence-corrected chi connectivity index (χ3v) is 3.56. The lowest BCUT2D eigenvalue weighted by Gasteiger charge is -1.97. The minimum Gasteiger partial charge on any atom is -0.333 e. The molecule has 2 aromatic rings. The number of unbranched alkanes of at least 4 members (excludes halogenated alkanes) is 3. The Morgan fingerprint density at radius 2 is 2.00 bits per heavy atom. The first-order valence-corrected chi connectivity index (χ1v) is 6.96.